The lowest BCUT2D eigenvalue weighted by Gasteiger charge is -2.21. The number of rotatable bonds is 7. The third kappa shape index (κ3) is 4.69. The molecule has 0 radical (unpaired) electrons. The monoisotopic (exact) mass is 440 g/mol. The number of nitrogens with zero attached hydrogens (tertiary/aromatic N) is 3. The minimum absolute atomic E-state index is 0.0357. The summed E-state index contributed by atoms with van der Waals surface area (Å²) in [6.45, 7) is 1.39. The molecule has 1 saturated carbocycles. The third-order valence-corrected chi connectivity index (χ3v) is 6.32. The van der Waals surface area contributed by atoms with Crippen molar-refractivity contribution >= 4 is 17.5 Å². The molecule has 4 rings (SSSR count). The second-order valence-electron chi connectivity index (χ2n) is 8.93. The van der Waals surface area contributed by atoms with Gasteiger partial charge in [-0.3, -0.25) is 14.6 Å². The summed E-state index contributed by atoms with van der Waals surface area (Å²) in [4.78, 5) is 33.3. The van der Waals surface area contributed by atoms with Gasteiger partial charge in [-0.25, -0.2) is 4.39 Å². The highest BCUT2D eigenvalue weighted by molar-refractivity contribution is 5.94. The maximum Gasteiger partial charge on any atom is 0.270 e. The van der Waals surface area contributed by atoms with E-state index in [2.05, 4.69) is 15.2 Å². The quantitative estimate of drug-likeness (QED) is 0.717. The Labute approximate surface area is 187 Å². The molecular weight excluding hydrogens is 411 g/mol. The van der Waals surface area contributed by atoms with Crippen LogP contribution >= 0.6 is 0 Å². The predicted octanol–water partition coefficient (Wildman–Crippen LogP) is 2.65. The van der Waals surface area contributed by atoms with Crippen molar-refractivity contribution in [3.05, 3.63) is 53.6 Å². The van der Waals surface area contributed by atoms with Crippen molar-refractivity contribution in [3.63, 3.8) is 0 Å². The number of anilines is 1. The number of benzene rings is 1. The van der Waals surface area contributed by atoms with Crippen molar-refractivity contribution in [2.75, 3.05) is 39.2 Å². The molecule has 0 bridgehead atoms. The fourth-order valence-electron chi connectivity index (χ4n) is 4.35. The van der Waals surface area contributed by atoms with Gasteiger partial charge < -0.3 is 19.9 Å². The number of carbonyl (C=O) groups is 2. The molecule has 2 heterocycles. The van der Waals surface area contributed by atoms with Gasteiger partial charge in [0.05, 0.1) is 13.0 Å². The lowest BCUT2D eigenvalue weighted by atomic mass is 10.0. The molecule has 2 aliphatic rings. The van der Waals surface area contributed by atoms with Crippen LogP contribution in [0.4, 0.5) is 10.1 Å². The molecule has 2 fully saturated rings. The lowest BCUT2D eigenvalue weighted by Crippen LogP contribution is -2.39. The molecule has 1 unspecified atom stereocenters. The summed E-state index contributed by atoms with van der Waals surface area (Å²) in [5.74, 6) is 0.131. The van der Waals surface area contributed by atoms with Crippen LogP contribution in [0.2, 0.25) is 0 Å². The predicted molar refractivity (Wildman–Crippen MR) is 119 cm³/mol. The van der Waals surface area contributed by atoms with Crippen molar-refractivity contribution in [1.82, 2.24) is 15.2 Å². The maximum absolute atomic E-state index is 13.7. The average molecular weight is 441 g/mol. The fraction of sp³-hybridized carbons (Fsp3) is 0.458. The van der Waals surface area contributed by atoms with E-state index < -0.39 is 5.54 Å². The van der Waals surface area contributed by atoms with Crippen LogP contribution in [0.5, 0.6) is 5.75 Å². The number of carbonyl (C=O) groups excluding carboxylic acids is 2. The van der Waals surface area contributed by atoms with E-state index in [1.165, 1.54) is 12.1 Å². The zero-order valence-electron chi connectivity index (χ0n) is 18.7. The summed E-state index contributed by atoms with van der Waals surface area (Å²) >= 11 is 0. The highest BCUT2D eigenvalue weighted by Crippen LogP contribution is 2.41. The summed E-state index contributed by atoms with van der Waals surface area (Å²) in [6.07, 6.45) is 4.55. The number of methoxy groups -OCH3 is 1. The Hall–Kier alpha value is -3.16. The van der Waals surface area contributed by atoms with E-state index in [1.807, 2.05) is 6.07 Å². The molecule has 1 saturated heterocycles. The smallest absolute Gasteiger partial charge is 0.270 e. The van der Waals surface area contributed by atoms with Crippen molar-refractivity contribution in [3.8, 4) is 5.75 Å². The first-order valence-corrected chi connectivity index (χ1v) is 10.9. The van der Waals surface area contributed by atoms with E-state index in [9.17, 15) is 14.0 Å². The van der Waals surface area contributed by atoms with Crippen LogP contribution in [-0.4, -0.2) is 61.5 Å². The largest absolute Gasteiger partial charge is 0.496 e. The Morgan fingerprint density at radius 1 is 1.28 bits per heavy atom. The second kappa shape index (κ2) is 8.76. The number of hydrogen-bond acceptors (Lipinski definition) is 5. The molecule has 1 aromatic carbocycles. The molecule has 1 aromatic heterocycles. The van der Waals surface area contributed by atoms with Crippen molar-refractivity contribution < 1.29 is 18.7 Å². The van der Waals surface area contributed by atoms with E-state index >= 15 is 0 Å². The van der Waals surface area contributed by atoms with Crippen molar-refractivity contribution in [2.24, 2.45) is 5.92 Å². The molecule has 1 aliphatic carbocycles. The Kier molecular flexibility index (Phi) is 6.04. The molecular formula is C24H29FN4O3. The molecule has 7 nitrogen and oxygen atoms in total. The van der Waals surface area contributed by atoms with Crippen LogP contribution in [0, 0.1) is 11.7 Å². The van der Waals surface area contributed by atoms with Crippen LogP contribution in [0.15, 0.2) is 36.5 Å². The van der Waals surface area contributed by atoms with Crippen molar-refractivity contribution in [1.29, 1.82) is 0 Å². The number of ether oxygens (including phenoxy) is 1. The molecule has 2 amide bonds. The Morgan fingerprint density at radius 3 is 2.75 bits per heavy atom. The zero-order chi connectivity index (χ0) is 22.9. The Morgan fingerprint density at radius 2 is 2.06 bits per heavy atom. The maximum atomic E-state index is 13.7. The average Bonchev–Trinajstić information content (AvgIpc) is 3.34. The summed E-state index contributed by atoms with van der Waals surface area (Å²) in [6, 6.07) is 8.08. The van der Waals surface area contributed by atoms with Crippen molar-refractivity contribution in [2.45, 2.75) is 31.2 Å². The molecule has 2 aromatic rings. The minimum atomic E-state index is -0.410. The van der Waals surface area contributed by atoms with Crippen LogP contribution in [0.25, 0.3) is 0 Å². The van der Waals surface area contributed by atoms with E-state index in [0.29, 0.717) is 24.4 Å². The number of hydrogen-bond donors (Lipinski definition) is 1. The van der Waals surface area contributed by atoms with E-state index in [1.54, 1.807) is 44.4 Å². The molecule has 170 valence electrons. The highest BCUT2D eigenvalue weighted by Gasteiger charge is 2.45. The summed E-state index contributed by atoms with van der Waals surface area (Å²) < 4.78 is 19.1. The van der Waals surface area contributed by atoms with Gasteiger partial charge >= 0.3 is 0 Å². The second-order valence-corrected chi connectivity index (χ2v) is 8.93. The fourth-order valence-corrected chi connectivity index (χ4v) is 4.35. The van der Waals surface area contributed by atoms with Gasteiger partial charge in [-0.2, -0.15) is 0 Å². The van der Waals surface area contributed by atoms with E-state index in [4.69, 9.17) is 4.74 Å². The van der Waals surface area contributed by atoms with Crippen LogP contribution in [0.3, 0.4) is 0 Å². The van der Waals surface area contributed by atoms with Gasteiger partial charge in [0.2, 0.25) is 5.91 Å². The van der Waals surface area contributed by atoms with Gasteiger partial charge in [0.25, 0.3) is 5.91 Å². The molecule has 32 heavy (non-hydrogen) atoms. The van der Waals surface area contributed by atoms with Gasteiger partial charge in [0.15, 0.2) is 0 Å². The third-order valence-electron chi connectivity index (χ3n) is 6.32. The van der Waals surface area contributed by atoms with Crippen LogP contribution in [0.1, 0.15) is 35.3 Å². The van der Waals surface area contributed by atoms with E-state index in [-0.39, 0.29) is 23.5 Å². The van der Waals surface area contributed by atoms with Crippen LogP contribution < -0.4 is 15.0 Å². The SMILES string of the molecule is COc1ccc(F)cc1CC1(NC(=O)c2cc(N3CCC(C(=O)N(C)C)C3)ccn2)CC1. The Balaban J connectivity index is 1.44. The summed E-state index contributed by atoms with van der Waals surface area (Å²) in [7, 11) is 5.10. The topological polar surface area (TPSA) is 74.8 Å². The number of pyridine rings is 1. The Bertz CT molecular complexity index is 1020. The summed E-state index contributed by atoms with van der Waals surface area (Å²) in [5.41, 5.74) is 1.55. The lowest BCUT2D eigenvalue weighted by molar-refractivity contribution is -0.132. The molecule has 8 heteroatoms. The number of amides is 2. The van der Waals surface area contributed by atoms with Gasteiger partial charge in [-0.05, 0) is 61.6 Å². The van der Waals surface area contributed by atoms with Gasteiger partial charge in [-0.15, -0.1) is 0 Å². The first kappa shape index (κ1) is 22.0. The minimum Gasteiger partial charge on any atom is -0.496 e. The normalized spacial score (nSPS) is 18.9. The summed E-state index contributed by atoms with van der Waals surface area (Å²) in [5, 5.41) is 3.10. The zero-order valence-corrected chi connectivity index (χ0v) is 18.7. The first-order valence-electron chi connectivity index (χ1n) is 10.9. The molecule has 0 spiro atoms. The number of halogens is 1. The van der Waals surface area contributed by atoms with E-state index in [0.717, 1.165) is 37.1 Å². The standard InChI is InChI=1S/C24H29FN4O3/c1-28(2)23(31)16-7-11-29(15-16)19-6-10-26-20(13-19)22(30)27-24(8-9-24)14-17-12-18(25)4-5-21(17)32-3/h4-6,10,12-13,16H,7-9,11,14-15H2,1-3H3,(H,27,30). The molecule has 1 atom stereocenters. The molecule has 1 N–H and O–H groups in total. The van der Waals surface area contributed by atoms with Gasteiger partial charge in [-0.1, -0.05) is 0 Å². The highest BCUT2D eigenvalue weighted by atomic mass is 19.1. The van der Waals surface area contributed by atoms with Crippen LogP contribution in [-0.2, 0) is 11.2 Å². The molecule has 1 aliphatic heterocycles. The first-order chi connectivity index (χ1) is 15.3. The van der Waals surface area contributed by atoms with Gasteiger partial charge in [0, 0.05) is 44.6 Å². The number of aromatic nitrogens is 1. The van der Waals surface area contributed by atoms with Gasteiger partial charge in [0.1, 0.15) is 17.3 Å². The number of nitrogens with one attached hydrogen (secondary N) is 1.